The molecule has 1 fully saturated rings. The Morgan fingerprint density at radius 3 is 2.43 bits per heavy atom. The van der Waals surface area contributed by atoms with E-state index in [1.165, 1.54) is 6.20 Å². The summed E-state index contributed by atoms with van der Waals surface area (Å²) in [6.45, 7) is 8.09. The highest BCUT2D eigenvalue weighted by Gasteiger charge is 2.27. The largest absolute Gasteiger partial charge is 0.325 e. The molecule has 2 amide bonds. The van der Waals surface area contributed by atoms with Gasteiger partial charge in [0.2, 0.25) is 5.91 Å². The molecule has 1 aliphatic rings. The van der Waals surface area contributed by atoms with Gasteiger partial charge in [0.15, 0.2) is 0 Å². The molecule has 1 aromatic heterocycles. The minimum Gasteiger partial charge on any atom is -0.325 e. The van der Waals surface area contributed by atoms with Gasteiger partial charge in [0.25, 0.3) is 5.91 Å². The summed E-state index contributed by atoms with van der Waals surface area (Å²) in [5, 5.41) is 6.22. The van der Waals surface area contributed by atoms with Gasteiger partial charge in [-0.25, -0.2) is 4.98 Å². The second-order valence-corrected chi connectivity index (χ2v) is 8.19. The van der Waals surface area contributed by atoms with Crippen LogP contribution in [0.2, 0.25) is 5.02 Å². The normalized spacial score (nSPS) is 14.8. The highest BCUT2D eigenvalue weighted by molar-refractivity contribution is 6.30. The highest BCUT2D eigenvalue weighted by atomic mass is 35.5. The zero-order valence-electron chi connectivity index (χ0n) is 17.4. The molecule has 2 heterocycles. The number of anilines is 2. The number of rotatable bonds is 5. The van der Waals surface area contributed by atoms with Crippen LogP contribution in [0.5, 0.6) is 0 Å². The number of nitrogens with one attached hydrogen (secondary N) is 2. The number of benzene rings is 1. The van der Waals surface area contributed by atoms with Crippen molar-refractivity contribution in [3.63, 3.8) is 0 Å². The van der Waals surface area contributed by atoms with Crippen molar-refractivity contribution in [2.75, 3.05) is 23.7 Å². The van der Waals surface area contributed by atoms with Crippen LogP contribution in [0.4, 0.5) is 11.5 Å². The zero-order chi connectivity index (χ0) is 21.0. The molecular formula is C22H28Cl2N4O2. The molecule has 0 saturated carbocycles. The summed E-state index contributed by atoms with van der Waals surface area (Å²) in [7, 11) is 0. The van der Waals surface area contributed by atoms with E-state index in [1.54, 1.807) is 24.3 Å². The molecule has 0 spiro atoms. The molecule has 3 rings (SSSR count). The Morgan fingerprint density at radius 1 is 1.13 bits per heavy atom. The van der Waals surface area contributed by atoms with Crippen LogP contribution >= 0.6 is 24.0 Å². The van der Waals surface area contributed by atoms with Crippen LogP contribution in [0.15, 0.2) is 36.5 Å². The van der Waals surface area contributed by atoms with Gasteiger partial charge in [-0.15, -0.1) is 12.4 Å². The molecule has 0 bridgehead atoms. The van der Waals surface area contributed by atoms with Crippen LogP contribution in [0, 0.1) is 12.8 Å². The summed E-state index contributed by atoms with van der Waals surface area (Å²) in [4.78, 5) is 32.1. The Hall–Kier alpha value is -2.15. The van der Waals surface area contributed by atoms with Crippen LogP contribution in [0.1, 0.15) is 42.6 Å². The molecule has 1 aromatic carbocycles. The fraction of sp³-hybridized carbons (Fsp3) is 0.409. The second-order valence-electron chi connectivity index (χ2n) is 7.76. The van der Waals surface area contributed by atoms with E-state index in [9.17, 15) is 9.59 Å². The van der Waals surface area contributed by atoms with Crippen LogP contribution in [0.25, 0.3) is 0 Å². The molecule has 30 heavy (non-hydrogen) atoms. The van der Waals surface area contributed by atoms with Crippen LogP contribution in [0.3, 0.4) is 0 Å². The lowest BCUT2D eigenvalue weighted by molar-refractivity contribution is -0.121. The minimum absolute atomic E-state index is 0. The van der Waals surface area contributed by atoms with Crippen molar-refractivity contribution in [2.45, 2.75) is 39.7 Å². The summed E-state index contributed by atoms with van der Waals surface area (Å²) < 4.78 is 0. The number of hydrogen-bond donors (Lipinski definition) is 2. The first-order valence-electron chi connectivity index (χ1n) is 9.92. The number of pyridine rings is 1. The molecule has 2 aromatic rings. The SMILES string of the molecule is Cc1ccc(NC(=O)C2CCN(C(C)C)CC2)c(C(=O)Nc2ccc(Cl)cn2)c1.Cl. The van der Waals surface area contributed by atoms with Crippen molar-refractivity contribution in [2.24, 2.45) is 5.92 Å². The molecule has 2 N–H and O–H groups in total. The van der Waals surface area contributed by atoms with Crippen molar-refractivity contribution in [1.29, 1.82) is 0 Å². The molecule has 6 nitrogen and oxygen atoms in total. The van der Waals surface area contributed by atoms with Gasteiger partial charge in [0, 0.05) is 18.2 Å². The maximum atomic E-state index is 12.8. The predicted molar refractivity (Wildman–Crippen MR) is 124 cm³/mol. The van der Waals surface area contributed by atoms with Gasteiger partial charge in [-0.1, -0.05) is 23.2 Å². The monoisotopic (exact) mass is 450 g/mol. The van der Waals surface area contributed by atoms with Crippen LogP contribution < -0.4 is 10.6 Å². The van der Waals surface area contributed by atoms with Crippen molar-refractivity contribution in [1.82, 2.24) is 9.88 Å². The number of aromatic nitrogens is 1. The lowest BCUT2D eigenvalue weighted by Gasteiger charge is -2.34. The number of aryl methyl sites for hydroxylation is 1. The fourth-order valence-electron chi connectivity index (χ4n) is 3.50. The van der Waals surface area contributed by atoms with E-state index in [0.29, 0.717) is 28.1 Å². The third-order valence-electron chi connectivity index (χ3n) is 5.28. The number of piperidine rings is 1. The van der Waals surface area contributed by atoms with Gasteiger partial charge in [0.05, 0.1) is 16.3 Å². The van der Waals surface area contributed by atoms with E-state index < -0.39 is 0 Å². The Kier molecular flexibility index (Phi) is 8.65. The molecule has 0 atom stereocenters. The van der Waals surface area contributed by atoms with Crippen LogP contribution in [-0.2, 0) is 4.79 Å². The van der Waals surface area contributed by atoms with Gasteiger partial charge in [-0.3, -0.25) is 9.59 Å². The van der Waals surface area contributed by atoms with E-state index in [4.69, 9.17) is 11.6 Å². The van der Waals surface area contributed by atoms with Gasteiger partial charge in [-0.05, 0) is 71.0 Å². The van der Waals surface area contributed by atoms with E-state index in [-0.39, 0.29) is 30.1 Å². The Bertz CT molecular complexity index is 879. The molecular weight excluding hydrogens is 423 g/mol. The quantitative estimate of drug-likeness (QED) is 0.687. The average molecular weight is 451 g/mol. The standard InChI is InChI=1S/C22H27ClN4O2.ClH/c1-14(2)27-10-8-16(9-11-27)21(28)25-19-6-4-15(3)12-18(19)22(29)26-20-7-5-17(23)13-24-20;/h4-7,12-14,16H,8-11H2,1-3H3,(H,25,28)(H,24,26,29);1H. The van der Waals surface area contributed by atoms with Gasteiger partial charge < -0.3 is 15.5 Å². The maximum Gasteiger partial charge on any atom is 0.258 e. The molecule has 8 heteroatoms. The first-order valence-corrected chi connectivity index (χ1v) is 10.3. The number of nitrogens with zero attached hydrogens (tertiary/aromatic N) is 2. The average Bonchev–Trinajstić information content (AvgIpc) is 2.71. The van der Waals surface area contributed by atoms with Crippen molar-refractivity contribution in [3.05, 3.63) is 52.7 Å². The van der Waals surface area contributed by atoms with Crippen molar-refractivity contribution < 1.29 is 9.59 Å². The van der Waals surface area contributed by atoms with Crippen molar-refractivity contribution >= 4 is 47.3 Å². The summed E-state index contributed by atoms with van der Waals surface area (Å²) >= 11 is 5.84. The Morgan fingerprint density at radius 2 is 1.83 bits per heavy atom. The van der Waals surface area contributed by atoms with E-state index in [0.717, 1.165) is 31.5 Å². The summed E-state index contributed by atoms with van der Waals surface area (Å²) in [6.07, 6.45) is 3.12. The topological polar surface area (TPSA) is 74.3 Å². The van der Waals surface area contributed by atoms with E-state index in [1.807, 2.05) is 13.0 Å². The van der Waals surface area contributed by atoms with Crippen molar-refractivity contribution in [3.8, 4) is 0 Å². The number of amides is 2. The Balaban J connectivity index is 0.00000320. The molecule has 162 valence electrons. The summed E-state index contributed by atoms with van der Waals surface area (Å²) in [5.41, 5.74) is 1.86. The summed E-state index contributed by atoms with van der Waals surface area (Å²) in [5.74, 6) is 0.00348. The lowest BCUT2D eigenvalue weighted by Crippen LogP contribution is -2.41. The van der Waals surface area contributed by atoms with Gasteiger partial charge in [-0.2, -0.15) is 0 Å². The lowest BCUT2D eigenvalue weighted by atomic mass is 9.95. The number of likely N-dealkylation sites (tertiary alicyclic amines) is 1. The number of hydrogen-bond acceptors (Lipinski definition) is 4. The maximum absolute atomic E-state index is 12.8. The Labute approximate surface area is 188 Å². The fourth-order valence-corrected chi connectivity index (χ4v) is 3.61. The summed E-state index contributed by atoms with van der Waals surface area (Å²) in [6, 6.07) is 9.22. The highest BCUT2D eigenvalue weighted by Crippen LogP contribution is 2.24. The third-order valence-corrected chi connectivity index (χ3v) is 5.50. The number of halogens is 2. The third kappa shape index (κ3) is 6.17. The minimum atomic E-state index is -0.326. The molecule has 1 saturated heterocycles. The predicted octanol–water partition coefficient (Wildman–Crippen LogP) is 4.78. The van der Waals surface area contributed by atoms with E-state index in [2.05, 4.69) is 34.4 Å². The molecule has 0 unspecified atom stereocenters. The number of carbonyl (C=O) groups is 2. The first kappa shape index (κ1) is 24.1. The van der Waals surface area contributed by atoms with Crippen LogP contribution in [-0.4, -0.2) is 40.8 Å². The van der Waals surface area contributed by atoms with E-state index >= 15 is 0 Å². The second kappa shape index (κ2) is 10.8. The van der Waals surface area contributed by atoms with Gasteiger partial charge in [0.1, 0.15) is 5.82 Å². The number of carbonyl (C=O) groups excluding carboxylic acids is 2. The molecule has 1 aliphatic heterocycles. The molecule has 0 aliphatic carbocycles. The first-order chi connectivity index (χ1) is 13.8. The smallest absolute Gasteiger partial charge is 0.258 e. The zero-order valence-corrected chi connectivity index (χ0v) is 19.0. The molecule has 0 radical (unpaired) electrons. The van der Waals surface area contributed by atoms with Gasteiger partial charge >= 0.3 is 0 Å².